The minimum Gasteiger partial charge on any atom is -0.490 e. The van der Waals surface area contributed by atoms with E-state index in [1.54, 1.807) is 12.1 Å². The minimum atomic E-state index is -0.359. The molecule has 0 unspecified atom stereocenters. The number of esters is 1. The Morgan fingerprint density at radius 3 is 2.94 bits per heavy atom. The molecule has 1 aliphatic heterocycles. The van der Waals surface area contributed by atoms with Crippen LogP contribution in [0.25, 0.3) is 0 Å². The molecule has 0 aromatic heterocycles. The molecule has 186 valence electrons. The van der Waals surface area contributed by atoms with Crippen molar-refractivity contribution < 1.29 is 19.4 Å². The first kappa shape index (κ1) is 24.2. The number of benzene rings is 2. The van der Waals surface area contributed by atoms with E-state index in [2.05, 4.69) is 23.6 Å². The van der Waals surface area contributed by atoms with Gasteiger partial charge in [-0.2, -0.15) is 0 Å². The summed E-state index contributed by atoms with van der Waals surface area (Å²) in [5.41, 5.74) is 3.90. The number of hydrogen-bond donors (Lipinski definition) is 1. The van der Waals surface area contributed by atoms with Crippen LogP contribution in [0.2, 0.25) is 5.02 Å². The summed E-state index contributed by atoms with van der Waals surface area (Å²) < 4.78 is 11.5. The molecule has 5 rings (SSSR count). The van der Waals surface area contributed by atoms with Crippen molar-refractivity contribution in [1.82, 2.24) is 0 Å². The van der Waals surface area contributed by atoms with Gasteiger partial charge in [-0.05, 0) is 91.8 Å². The third-order valence-corrected chi connectivity index (χ3v) is 8.53. The first-order valence-electron chi connectivity index (χ1n) is 12.6. The first-order chi connectivity index (χ1) is 16.9. The van der Waals surface area contributed by atoms with Crippen LogP contribution in [0.1, 0.15) is 53.6 Å². The fraction of sp³-hybridized carbons (Fsp3) is 0.483. The van der Waals surface area contributed by atoms with Crippen molar-refractivity contribution in [3.8, 4) is 5.75 Å². The number of aryl methyl sites for hydroxylation is 1. The van der Waals surface area contributed by atoms with Crippen molar-refractivity contribution in [1.29, 1.82) is 0 Å². The van der Waals surface area contributed by atoms with Crippen LogP contribution >= 0.6 is 11.6 Å². The maximum atomic E-state index is 12.3. The summed E-state index contributed by atoms with van der Waals surface area (Å²) >= 11 is 6.35. The molecular weight excluding hydrogens is 462 g/mol. The number of halogens is 1. The number of carbonyl (C=O) groups is 1. The SMILES string of the molecule is C=CC[C@H](O)[C@@H]1CC[C@H]1CN1C[C@@]2(CCCc3cc(Cl)ccc32)COc2ccc(C(=O)OC)cc21. The van der Waals surface area contributed by atoms with Gasteiger partial charge in [-0.15, -0.1) is 6.58 Å². The fourth-order valence-electron chi connectivity index (χ4n) is 6.32. The van der Waals surface area contributed by atoms with Crippen molar-refractivity contribution in [3.05, 3.63) is 70.8 Å². The van der Waals surface area contributed by atoms with E-state index in [9.17, 15) is 9.90 Å². The highest BCUT2D eigenvalue weighted by atomic mass is 35.5. The summed E-state index contributed by atoms with van der Waals surface area (Å²) in [6.07, 6.45) is 7.31. The number of rotatable bonds is 6. The monoisotopic (exact) mass is 495 g/mol. The summed E-state index contributed by atoms with van der Waals surface area (Å²) in [5.74, 6) is 1.08. The number of carbonyl (C=O) groups excluding carboxylic acids is 1. The lowest BCUT2D eigenvalue weighted by Crippen LogP contribution is -2.49. The summed E-state index contributed by atoms with van der Waals surface area (Å²) in [5, 5.41) is 11.4. The molecule has 4 atom stereocenters. The number of ether oxygens (including phenoxy) is 2. The van der Waals surface area contributed by atoms with E-state index < -0.39 is 0 Å². The number of fused-ring (bicyclic) bond motifs is 3. The second-order valence-electron chi connectivity index (χ2n) is 10.4. The van der Waals surface area contributed by atoms with Crippen LogP contribution in [0.4, 0.5) is 5.69 Å². The summed E-state index contributed by atoms with van der Waals surface area (Å²) in [4.78, 5) is 14.7. The van der Waals surface area contributed by atoms with Gasteiger partial charge in [-0.1, -0.05) is 23.7 Å². The molecule has 0 radical (unpaired) electrons. The molecule has 1 spiro atoms. The Kier molecular flexibility index (Phi) is 6.82. The molecule has 0 bridgehead atoms. The van der Waals surface area contributed by atoms with Gasteiger partial charge in [-0.3, -0.25) is 0 Å². The predicted octanol–water partition coefficient (Wildman–Crippen LogP) is 5.56. The molecule has 35 heavy (non-hydrogen) atoms. The highest BCUT2D eigenvalue weighted by Crippen LogP contribution is 2.46. The Labute approximate surface area is 212 Å². The largest absolute Gasteiger partial charge is 0.490 e. The fourth-order valence-corrected chi connectivity index (χ4v) is 6.51. The van der Waals surface area contributed by atoms with Crippen molar-refractivity contribution in [2.45, 2.75) is 50.0 Å². The maximum absolute atomic E-state index is 12.3. The molecule has 5 nitrogen and oxygen atoms in total. The smallest absolute Gasteiger partial charge is 0.337 e. The molecular formula is C29H34ClNO4. The van der Waals surface area contributed by atoms with Crippen LogP contribution in [-0.2, 0) is 16.6 Å². The van der Waals surface area contributed by atoms with E-state index >= 15 is 0 Å². The second kappa shape index (κ2) is 9.87. The number of anilines is 1. The lowest BCUT2D eigenvalue weighted by molar-refractivity contribution is 0.0178. The van der Waals surface area contributed by atoms with Crippen molar-refractivity contribution in [2.75, 3.05) is 31.7 Å². The van der Waals surface area contributed by atoms with Crippen molar-refractivity contribution >= 4 is 23.3 Å². The molecule has 0 saturated heterocycles. The minimum absolute atomic E-state index is 0.165. The van der Waals surface area contributed by atoms with Gasteiger partial charge in [0.1, 0.15) is 5.75 Å². The first-order valence-corrected chi connectivity index (χ1v) is 13.0. The van der Waals surface area contributed by atoms with E-state index in [0.29, 0.717) is 24.5 Å². The molecule has 0 amide bonds. The van der Waals surface area contributed by atoms with E-state index in [4.69, 9.17) is 21.1 Å². The van der Waals surface area contributed by atoms with E-state index in [1.807, 2.05) is 18.2 Å². The molecule has 1 N–H and O–H groups in total. The lowest BCUT2D eigenvalue weighted by Gasteiger charge is -2.45. The molecule has 3 aliphatic rings. The standard InChI is InChI=1S/C29H34ClNO4/c1-3-5-26(32)23-10-7-21(23)16-31-17-29(13-4-6-19-14-22(30)9-11-24(19)29)18-35-27-12-8-20(15-25(27)31)28(33)34-2/h3,8-9,11-12,14-15,21,23,26,32H,1,4-7,10,13,16-18H2,2H3/t21-,23+,26-,29-/m0/s1. The number of hydrogen-bond acceptors (Lipinski definition) is 5. The van der Waals surface area contributed by atoms with Crippen LogP contribution < -0.4 is 9.64 Å². The Morgan fingerprint density at radius 2 is 2.20 bits per heavy atom. The van der Waals surface area contributed by atoms with Gasteiger partial charge in [0.05, 0.1) is 31.1 Å². The lowest BCUT2D eigenvalue weighted by atomic mass is 9.68. The zero-order chi connectivity index (χ0) is 24.6. The highest BCUT2D eigenvalue weighted by Gasteiger charge is 2.44. The van der Waals surface area contributed by atoms with Gasteiger partial charge >= 0.3 is 5.97 Å². The molecule has 2 aliphatic carbocycles. The molecule has 1 saturated carbocycles. The van der Waals surface area contributed by atoms with Crippen LogP contribution in [0, 0.1) is 11.8 Å². The highest BCUT2D eigenvalue weighted by molar-refractivity contribution is 6.30. The topological polar surface area (TPSA) is 59.0 Å². The third-order valence-electron chi connectivity index (χ3n) is 8.29. The Balaban J connectivity index is 1.53. The van der Waals surface area contributed by atoms with Crippen LogP contribution in [-0.4, -0.2) is 44.0 Å². The maximum Gasteiger partial charge on any atom is 0.337 e. The molecule has 1 fully saturated rings. The zero-order valence-electron chi connectivity index (χ0n) is 20.3. The Bertz CT molecular complexity index is 1120. The normalized spacial score (nSPS) is 26.0. The van der Waals surface area contributed by atoms with Gasteiger partial charge in [0.15, 0.2) is 0 Å². The predicted molar refractivity (Wildman–Crippen MR) is 139 cm³/mol. The van der Waals surface area contributed by atoms with Crippen molar-refractivity contribution in [3.63, 3.8) is 0 Å². The van der Waals surface area contributed by atoms with E-state index in [0.717, 1.165) is 61.7 Å². The Hall–Kier alpha value is -2.50. The van der Waals surface area contributed by atoms with Gasteiger partial charge in [0.2, 0.25) is 0 Å². The van der Waals surface area contributed by atoms with Gasteiger partial charge in [0.25, 0.3) is 0 Å². The van der Waals surface area contributed by atoms with Gasteiger partial charge < -0.3 is 19.5 Å². The second-order valence-corrected chi connectivity index (χ2v) is 10.8. The van der Waals surface area contributed by atoms with Crippen LogP contribution in [0.5, 0.6) is 5.75 Å². The number of aliphatic hydroxyl groups excluding tert-OH is 1. The number of aliphatic hydroxyl groups is 1. The molecule has 1 heterocycles. The van der Waals surface area contributed by atoms with Crippen molar-refractivity contribution in [2.24, 2.45) is 11.8 Å². The number of nitrogens with zero attached hydrogens (tertiary/aromatic N) is 1. The quantitative estimate of drug-likeness (QED) is 0.420. The average Bonchev–Trinajstić information content (AvgIpc) is 2.98. The van der Waals surface area contributed by atoms with Gasteiger partial charge in [-0.25, -0.2) is 4.79 Å². The van der Waals surface area contributed by atoms with E-state index in [1.165, 1.54) is 18.2 Å². The van der Waals surface area contributed by atoms with E-state index in [-0.39, 0.29) is 23.4 Å². The zero-order valence-corrected chi connectivity index (χ0v) is 21.1. The molecule has 2 aromatic rings. The number of methoxy groups -OCH3 is 1. The van der Waals surface area contributed by atoms with Crippen LogP contribution in [0.3, 0.4) is 0 Å². The van der Waals surface area contributed by atoms with Gasteiger partial charge in [0, 0.05) is 23.5 Å². The summed E-state index contributed by atoms with van der Waals surface area (Å²) in [7, 11) is 1.40. The third kappa shape index (κ3) is 4.56. The average molecular weight is 496 g/mol. The summed E-state index contributed by atoms with van der Waals surface area (Å²) in [6.45, 7) is 5.98. The molecule has 2 aromatic carbocycles. The van der Waals surface area contributed by atoms with Crippen LogP contribution in [0.15, 0.2) is 49.1 Å². The summed E-state index contributed by atoms with van der Waals surface area (Å²) in [6, 6.07) is 11.8. The Morgan fingerprint density at radius 1 is 1.34 bits per heavy atom. The molecule has 6 heteroatoms.